The van der Waals surface area contributed by atoms with Gasteiger partial charge in [-0.15, -0.1) is 0 Å². The molecule has 0 spiro atoms. The lowest BCUT2D eigenvalue weighted by molar-refractivity contribution is -0.139. The molecule has 2 amide bonds. The number of nitrogens with one attached hydrogen (secondary N) is 2. The minimum Gasteiger partial charge on any atom is -0.379 e. The Morgan fingerprint density at radius 3 is 2.25 bits per heavy atom. The number of ether oxygens (including phenoxy) is 1. The van der Waals surface area contributed by atoms with E-state index in [4.69, 9.17) is 4.74 Å². The Bertz CT molecular complexity index is 625. The van der Waals surface area contributed by atoms with Crippen molar-refractivity contribution >= 4 is 17.5 Å². The van der Waals surface area contributed by atoms with Crippen molar-refractivity contribution in [2.45, 2.75) is 26.3 Å². The molecule has 7 nitrogen and oxygen atoms in total. The smallest absolute Gasteiger partial charge is 0.309 e. The molecule has 0 unspecified atom stereocenters. The van der Waals surface area contributed by atoms with E-state index < -0.39 is 11.8 Å². The molecule has 2 rings (SSSR count). The van der Waals surface area contributed by atoms with Crippen LogP contribution in [0, 0.1) is 5.92 Å². The van der Waals surface area contributed by atoms with Gasteiger partial charge in [-0.25, -0.2) is 0 Å². The summed E-state index contributed by atoms with van der Waals surface area (Å²) in [4.78, 5) is 28.6. The maximum Gasteiger partial charge on any atom is 0.309 e. The molecular weight excluding hydrogens is 356 g/mol. The van der Waals surface area contributed by atoms with Crippen molar-refractivity contribution in [2.75, 3.05) is 58.4 Å². The zero-order valence-corrected chi connectivity index (χ0v) is 17.5. The maximum atomic E-state index is 12.2. The first-order valence-corrected chi connectivity index (χ1v) is 10.0. The van der Waals surface area contributed by atoms with E-state index in [2.05, 4.69) is 58.5 Å². The molecule has 0 radical (unpaired) electrons. The minimum atomic E-state index is -0.577. The molecule has 0 bridgehead atoms. The average Bonchev–Trinajstić information content (AvgIpc) is 2.68. The number of carbonyl (C=O) groups is 2. The van der Waals surface area contributed by atoms with Crippen LogP contribution >= 0.6 is 0 Å². The van der Waals surface area contributed by atoms with E-state index in [0.717, 1.165) is 30.8 Å². The predicted octanol–water partition coefficient (Wildman–Crippen LogP) is 1.40. The molecule has 7 heteroatoms. The number of carbonyl (C=O) groups excluding carboxylic acids is 2. The van der Waals surface area contributed by atoms with Crippen molar-refractivity contribution in [1.29, 1.82) is 0 Å². The van der Waals surface area contributed by atoms with Crippen molar-refractivity contribution < 1.29 is 14.3 Å². The Morgan fingerprint density at radius 2 is 1.68 bits per heavy atom. The topological polar surface area (TPSA) is 73.9 Å². The summed E-state index contributed by atoms with van der Waals surface area (Å²) in [6.45, 7) is 8.03. The van der Waals surface area contributed by atoms with E-state index in [-0.39, 0.29) is 6.04 Å². The molecule has 1 aromatic carbocycles. The first-order chi connectivity index (χ1) is 13.4. The van der Waals surface area contributed by atoms with Gasteiger partial charge in [0.1, 0.15) is 0 Å². The third kappa shape index (κ3) is 6.80. The molecular formula is C21H34N4O3. The van der Waals surface area contributed by atoms with E-state index in [1.54, 1.807) is 0 Å². The Morgan fingerprint density at radius 1 is 1.07 bits per heavy atom. The fraction of sp³-hybridized carbons (Fsp3) is 0.619. The van der Waals surface area contributed by atoms with Crippen molar-refractivity contribution in [2.24, 2.45) is 5.92 Å². The van der Waals surface area contributed by atoms with Crippen LogP contribution in [0.3, 0.4) is 0 Å². The predicted molar refractivity (Wildman–Crippen MR) is 111 cm³/mol. The second-order valence-corrected chi connectivity index (χ2v) is 7.80. The summed E-state index contributed by atoms with van der Waals surface area (Å²) in [7, 11) is 4.01. The molecule has 1 aromatic rings. The van der Waals surface area contributed by atoms with Crippen molar-refractivity contribution in [3.05, 3.63) is 29.8 Å². The number of hydrogen-bond donors (Lipinski definition) is 2. The summed E-state index contributed by atoms with van der Waals surface area (Å²) in [5, 5.41) is 5.50. The maximum absolute atomic E-state index is 12.2. The molecule has 0 saturated carbocycles. The fourth-order valence-corrected chi connectivity index (χ4v) is 3.17. The van der Waals surface area contributed by atoms with Crippen molar-refractivity contribution in [1.82, 2.24) is 15.5 Å². The Balaban J connectivity index is 1.99. The molecule has 2 N–H and O–H groups in total. The first-order valence-electron chi connectivity index (χ1n) is 10.0. The first kappa shape index (κ1) is 22.2. The van der Waals surface area contributed by atoms with Gasteiger partial charge in [0.25, 0.3) is 0 Å². The molecule has 28 heavy (non-hydrogen) atoms. The van der Waals surface area contributed by atoms with Crippen LogP contribution in [0.4, 0.5) is 5.69 Å². The van der Waals surface area contributed by atoms with Crippen LogP contribution in [0.5, 0.6) is 0 Å². The molecule has 1 aliphatic heterocycles. The second-order valence-electron chi connectivity index (χ2n) is 7.80. The molecule has 1 heterocycles. The lowest BCUT2D eigenvalue weighted by Crippen LogP contribution is -2.46. The normalized spacial score (nSPS) is 15.9. The summed E-state index contributed by atoms with van der Waals surface area (Å²) < 4.78 is 5.46. The quantitative estimate of drug-likeness (QED) is 0.657. The van der Waals surface area contributed by atoms with Gasteiger partial charge in [-0.3, -0.25) is 14.5 Å². The summed E-state index contributed by atoms with van der Waals surface area (Å²) in [5.74, 6) is -0.657. The van der Waals surface area contributed by atoms with Crippen LogP contribution in [0.25, 0.3) is 0 Å². The fourth-order valence-electron chi connectivity index (χ4n) is 3.17. The van der Waals surface area contributed by atoms with Gasteiger partial charge >= 0.3 is 11.8 Å². The van der Waals surface area contributed by atoms with Gasteiger partial charge < -0.3 is 20.3 Å². The number of morpholine rings is 1. The average molecular weight is 391 g/mol. The molecule has 1 fully saturated rings. The van der Waals surface area contributed by atoms with Gasteiger partial charge in [-0.1, -0.05) is 26.0 Å². The van der Waals surface area contributed by atoms with Crippen molar-refractivity contribution in [3.8, 4) is 0 Å². The number of benzene rings is 1. The highest BCUT2D eigenvalue weighted by molar-refractivity contribution is 6.35. The van der Waals surface area contributed by atoms with Gasteiger partial charge in [0.05, 0.1) is 19.3 Å². The molecule has 0 aliphatic carbocycles. The number of anilines is 1. The molecule has 1 aliphatic rings. The van der Waals surface area contributed by atoms with Gasteiger partial charge in [0.2, 0.25) is 0 Å². The molecule has 0 aromatic heterocycles. The number of amides is 2. The Kier molecular flexibility index (Phi) is 8.73. The van der Waals surface area contributed by atoms with Crippen LogP contribution in [0.15, 0.2) is 24.3 Å². The zero-order valence-electron chi connectivity index (χ0n) is 17.5. The standard InChI is InChI=1S/C21H34N4O3/c1-16(2)9-10-22-20(26)21(27)23-15-19(25-11-13-28-14-12-25)17-5-7-18(8-6-17)24(3)4/h5-8,16,19H,9-15H2,1-4H3,(H,22,26)(H,23,27)/t19-/m0/s1. The molecule has 156 valence electrons. The van der Waals surface area contributed by atoms with Gasteiger partial charge in [-0.2, -0.15) is 0 Å². The second kappa shape index (κ2) is 11.0. The summed E-state index contributed by atoms with van der Waals surface area (Å²) in [6.07, 6.45) is 0.855. The van der Waals surface area contributed by atoms with Crippen LogP contribution in [0.1, 0.15) is 31.9 Å². The minimum absolute atomic E-state index is 0.00697. The van der Waals surface area contributed by atoms with E-state index in [9.17, 15) is 9.59 Å². The van der Waals surface area contributed by atoms with Gasteiger partial charge in [-0.05, 0) is 30.0 Å². The van der Waals surface area contributed by atoms with E-state index in [1.807, 2.05) is 14.1 Å². The molecule has 1 saturated heterocycles. The van der Waals surface area contributed by atoms with E-state index in [1.165, 1.54) is 0 Å². The monoisotopic (exact) mass is 390 g/mol. The van der Waals surface area contributed by atoms with E-state index in [0.29, 0.717) is 32.2 Å². The number of nitrogens with zero attached hydrogens (tertiary/aromatic N) is 2. The highest BCUT2D eigenvalue weighted by Crippen LogP contribution is 2.23. The van der Waals surface area contributed by atoms with Crippen molar-refractivity contribution in [3.63, 3.8) is 0 Å². The zero-order chi connectivity index (χ0) is 20.5. The summed E-state index contributed by atoms with van der Waals surface area (Å²) >= 11 is 0. The highest BCUT2D eigenvalue weighted by Gasteiger charge is 2.24. The van der Waals surface area contributed by atoms with Crippen LogP contribution in [-0.2, 0) is 14.3 Å². The SMILES string of the molecule is CC(C)CCNC(=O)C(=O)NC[C@@H](c1ccc(N(C)C)cc1)N1CCOCC1. The lowest BCUT2D eigenvalue weighted by Gasteiger charge is -2.35. The largest absolute Gasteiger partial charge is 0.379 e. The highest BCUT2D eigenvalue weighted by atomic mass is 16.5. The third-order valence-electron chi connectivity index (χ3n) is 4.95. The van der Waals surface area contributed by atoms with Crippen LogP contribution < -0.4 is 15.5 Å². The number of hydrogen-bond acceptors (Lipinski definition) is 5. The third-order valence-corrected chi connectivity index (χ3v) is 4.95. The van der Waals surface area contributed by atoms with Crippen LogP contribution in [0.2, 0.25) is 0 Å². The lowest BCUT2D eigenvalue weighted by atomic mass is 10.0. The Hall–Kier alpha value is -2.12. The Labute approximate surface area is 168 Å². The van der Waals surface area contributed by atoms with E-state index >= 15 is 0 Å². The van der Waals surface area contributed by atoms with Crippen LogP contribution in [-0.4, -0.2) is 70.2 Å². The van der Waals surface area contributed by atoms with Gasteiger partial charge in [0, 0.05) is 46.0 Å². The summed E-state index contributed by atoms with van der Waals surface area (Å²) in [6, 6.07) is 8.33. The summed E-state index contributed by atoms with van der Waals surface area (Å²) in [5.41, 5.74) is 2.24. The molecule has 1 atom stereocenters. The van der Waals surface area contributed by atoms with Gasteiger partial charge in [0.15, 0.2) is 0 Å². The number of rotatable bonds is 8.